The molecule has 0 unspecified atom stereocenters. The topological polar surface area (TPSA) is 56.8 Å². The smallest absolute Gasteiger partial charge is 0.258 e. The minimum Gasteiger partial charge on any atom is -0.496 e. The number of carbonyl (C=O) groups excluding carboxylic acids is 1. The number of fused-ring (bicyclic) bond motifs is 1. The number of hydrogen-bond acceptors (Lipinski definition) is 4. The van der Waals surface area contributed by atoms with Crippen LogP contribution in [-0.4, -0.2) is 33.3 Å². The zero-order chi connectivity index (χ0) is 11.5. The number of methoxy groups -OCH3 is 2. The molecule has 0 aliphatic carbocycles. The quantitative estimate of drug-likeness (QED) is 0.806. The van der Waals surface area contributed by atoms with Gasteiger partial charge in [-0.05, 0) is 0 Å². The van der Waals surface area contributed by atoms with Crippen molar-refractivity contribution in [1.82, 2.24) is 5.32 Å². The molecule has 1 amide bonds. The first-order chi connectivity index (χ1) is 7.76. The van der Waals surface area contributed by atoms with Crippen LogP contribution in [0.3, 0.4) is 0 Å². The zero-order valence-corrected chi connectivity index (χ0v) is 9.20. The molecule has 0 saturated heterocycles. The van der Waals surface area contributed by atoms with Crippen LogP contribution < -0.4 is 19.5 Å². The van der Waals surface area contributed by atoms with E-state index in [9.17, 15) is 4.79 Å². The number of nitrogens with one attached hydrogen (secondary N) is 1. The summed E-state index contributed by atoms with van der Waals surface area (Å²) in [6.45, 7) is 0.925. The fourth-order valence-corrected chi connectivity index (χ4v) is 1.60. The minimum absolute atomic E-state index is 0.188. The summed E-state index contributed by atoms with van der Waals surface area (Å²) in [7, 11) is 3.06. The van der Waals surface area contributed by atoms with Gasteiger partial charge >= 0.3 is 0 Å². The monoisotopic (exact) mass is 223 g/mol. The van der Waals surface area contributed by atoms with Crippen LogP contribution in [0.4, 0.5) is 0 Å². The van der Waals surface area contributed by atoms with Crippen molar-refractivity contribution < 1.29 is 19.0 Å². The molecule has 0 saturated carbocycles. The van der Waals surface area contributed by atoms with E-state index in [2.05, 4.69) is 5.32 Å². The lowest BCUT2D eigenvalue weighted by Crippen LogP contribution is -2.24. The molecule has 1 aliphatic heterocycles. The van der Waals surface area contributed by atoms with E-state index in [0.29, 0.717) is 36.0 Å². The van der Waals surface area contributed by atoms with Gasteiger partial charge in [-0.15, -0.1) is 0 Å². The molecule has 1 aromatic rings. The molecule has 1 aliphatic rings. The van der Waals surface area contributed by atoms with Gasteiger partial charge in [0.15, 0.2) is 0 Å². The number of ether oxygens (including phenoxy) is 3. The number of hydrogen-bond donors (Lipinski definition) is 1. The van der Waals surface area contributed by atoms with Crippen LogP contribution >= 0.6 is 0 Å². The van der Waals surface area contributed by atoms with E-state index in [4.69, 9.17) is 14.2 Å². The molecular formula is C11H13NO4. The van der Waals surface area contributed by atoms with E-state index in [1.807, 2.05) is 0 Å². The van der Waals surface area contributed by atoms with Gasteiger partial charge in [-0.25, -0.2) is 0 Å². The van der Waals surface area contributed by atoms with E-state index < -0.39 is 0 Å². The molecule has 0 atom stereocenters. The Morgan fingerprint density at radius 2 is 2.12 bits per heavy atom. The summed E-state index contributed by atoms with van der Waals surface area (Å²) in [5.41, 5.74) is 0.417. The molecule has 1 heterocycles. The fourth-order valence-electron chi connectivity index (χ4n) is 1.60. The molecule has 0 bridgehead atoms. The first-order valence-electron chi connectivity index (χ1n) is 4.93. The Kier molecular flexibility index (Phi) is 2.85. The van der Waals surface area contributed by atoms with Crippen molar-refractivity contribution in [2.75, 3.05) is 27.4 Å². The van der Waals surface area contributed by atoms with Gasteiger partial charge in [0, 0.05) is 12.1 Å². The maximum Gasteiger partial charge on any atom is 0.258 e. The average molecular weight is 223 g/mol. The van der Waals surface area contributed by atoms with Crippen molar-refractivity contribution >= 4 is 5.91 Å². The highest BCUT2D eigenvalue weighted by Gasteiger charge is 2.22. The van der Waals surface area contributed by atoms with Crippen LogP contribution in [0.2, 0.25) is 0 Å². The molecule has 5 heteroatoms. The van der Waals surface area contributed by atoms with Gasteiger partial charge < -0.3 is 19.5 Å². The van der Waals surface area contributed by atoms with Crippen molar-refractivity contribution in [1.29, 1.82) is 0 Å². The molecule has 86 valence electrons. The lowest BCUT2D eigenvalue weighted by molar-refractivity contribution is 0.0954. The van der Waals surface area contributed by atoms with Crippen molar-refractivity contribution in [3.8, 4) is 17.2 Å². The third kappa shape index (κ3) is 1.76. The van der Waals surface area contributed by atoms with Crippen molar-refractivity contribution in [2.45, 2.75) is 0 Å². The predicted molar refractivity (Wildman–Crippen MR) is 57.4 cm³/mol. The van der Waals surface area contributed by atoms with Crippen LogP contribution in [0, 0.1) is 0 Å². The molecule has 1 aromatic carbocycles. The molecule has 0 fully saturated rings. The first kappa shape index (κ1) is 10.6. The second-order valence-electron chi connectivity index (χ2n) is 3.31. The molecular weight excluding hydrogens is 210 g/mol. The van der Waals surface area contributed by atoms with Gasteiger partial charge in [0.05, 0.1) is 20.8 Å². The Balaban J connectivity index is 2.56. The molecule has 0 aromatic heterocycles. The molecule has 2 rings (SSSR count). The van der Waals surface area contributed by atoms with E-state index in [1.165, 1.54) is 7.11 Å². The Hall–Kier alpha value is -1.91. The average Bonchev–Trinajstić information content (AvgIpc) is 2.50. The van der Waals surface area contributed by atoms with Crippen LogP contribution in [0.5, 0.6) is 17.2 Å². The Labute approximate surface area is 93.3 Å². The summed E-state index contributed by atoms with van der Waals surface area (Å²) >= 11 is 0. The Morgan fingerprint density at radius 1 is 1.31 bits per heavy atom. The summed E-state index contributed by atoms with van der Waals surface area (Å²) in [6.07, 6.45) is 0. The zero-order valence-electron chi connectivity index (χ0n) is 9.20. The van der Waals surface area contributed by atoms with Gasteiger partial charge in [0.1, 0.15) is 29.4 Å². The number of amides is 1. The third-order valence-corrected chi connectivity index (χ3v) is 2.37. The highest BCUT2D eigenvalue weighted by Crippen LogP contribution is 2.34. The number of rotatable bonds is 2. The lowest BCUT2D eigenvalue weighted by atomic mass is 10.1. The molecule has 16 heavy (non-hydrogen) atoms. The van der Waals surface area contributed by atoms with Gasteiger partial charge in [-0.3, -0.25) is 4.79 Å². The standard InChI is InChI=1S/C11H13NO4/c1-14-7-5-8(15-2)10-9(6-7)16-4-3-12-11(10)13/h5-6H,3-4H2,1-2H3,(H,12,13). The Bertz CT molecular complexity index is 417. The summed E-state index contributed by atoms with van der Waals surface area (Å²) in [5.74, 6) is 1.36. The van der Waals surface area contributed by atoms with Crippen LogP contribution in [0.1, 0.15) is 10.4 Å². The van der Waals surface area contributed by atoms with Gasteiger partial charge in [-0.2, -0.15) is 0 Å². The van der Waals surface area contributed by atoms with E-state index in [-0.39, 0.29) is 5.91 Å². The SMILES string of the molecule is COc1cc(OC)c2c(c1)OCCNC2=O. The normalized spacial score (nSPS) is 14.2. The summed E-state index contributed by atoms with van der Waals surface area (Å²) < 4.78 is 15.7. The van der Waals surface area contributed by atoms with Gasteiger partial charge in [0.2, 0.25) is 0 Å². The van der Waals surface area contributed by atoms with Gasteiger partial charge in [-0.1, -0.05) is 0 Å². The van der Waals surface area contributed by atoms with Crippen LogP contribution in [0.15, 0.2) is 12.1 Å². The highest BCUT2D eigenvalue weighted by atomic mass is 16.5. The van der Waals surface area contributed by atoms with E-state index >= 15 is 0 Å². The van der Waals surface area contributed by atoms with Crippen LogP contribution in [-0.2, 0) is 0 Å². The fraction of sp³-hybridized carbons (Fsp3) is 0.364. The molecule has 0 radical (unpaired) electrons. The number of carbonyl (C=O) groups is 1. The lowest BCUT2D eigenvalue weighted by Gasteiger charge is -2.12. The third-order valence-electron chi connectivity index (χ3n) is 2.37. The van der Waals surface area contributed by atoms with Crippen molar-refractivity contribution in [3.05, 3.63) is 17.7 Å². The number of benzene rings is 1. The molecule has 5 nitrogen and oxygen atoms in total. The van der Waals surface area contributed by atoms with Crippen molar-refractivity contribution in [2.24, 2.45) is 0 Å². The second-order valence-corrected chi connectivity index (χ2v) is 3.31. The largest absolute Gasteiger partial charge is 0.496 e. The maximum absolute atomic E-state index is 11.8. The summed E-state index contributed by atoms with van der Waals surface area (Å²) in [6, 6.07) is 3.34. The van der Waals surface area contributed by atoms with E-state index in [1.54, 1.807) is 19.2 Å². The van der Waals surface area contributed by atoms with Crippen LogP contribution in [0.25, 0.3) is 0 Å². The molecule has 0 spiro atoms. The Morgan fingerprint density at radius 3 is 2.81 bits per heavy atom. The van der Waals surface area contributed by atoms with E-state index in [0.717, 1.165) is 0 Å². The molecule has 1 N–H and O–H groups in total. The van der Waals surface area contributed by atoms with Crippen molar-refractivity contribution in [3.63, 3.8) is 0 Å². The highest BCUT2D eigenvalue weighted by molar-refractivity contribution is 6.00. The second kappa shape index (κ2) is 4.30. The minimum atomic E-state index is -0.188. The summed E-state index contributed by atoms with van der Waals surface area (Å²) in [4.78, 5) is 11.8. The first-order valence-corrected chi connectivity index (χ1v) is 4.93. The van der Waals surface area contributed by atoms with Gasteiger partial charge in [0.25, 0.3) is 5.91 Å². The summed E-state index contributed by atoms with van der Waals surface area (Å²) in [5, 5.41) is 2.73. The maximum atomic E-state index is 11.8. The predicted octanol–water partition coefficient (Wildman–Crippen LogP) is 0.826.